The van der Waals surface area contributed by atoms with Gasteiger partial charge in [-0.3, -0.25) is 19.0 Å². The molecule has 0 atom stereocenters. The summed E-state index contributed by atoms with van der Waals surface area (Å²) < 4.78 is 3.72. The van der Waals surface area contributed by atoms with Crippen LogP contribution in [0.15, 0.2) is 58.1 Å². The molecular formula is C25H28N6O4. The van der Waals surface area contributed by atoms with Crippen LogP contribution in [0.2, 0.25) is 0 Å². The zero-order valence-corrected chi connectivity index (χ0v) is 20.1. The van der Waals surface area contributed by atoms with Crippen molar-refractivity contribution < 1.29 is 9.59 Å². The number of amides is 2. The van der Waals surface area contributed by atoms with Gasteiger partial charge in [-0.2, -0.15) is 0 Å². The van der Waals surface area contributed by atoms with E-state index in [-0.39, 0.29) is 46.7 Å². The molecule has 4 aromatic rings. The minimum absolute atomic E-state index is 0.106. The van der Waals surface area contributed by atoms with Crippen LogP contribution in [-0.4, -0.2) is 37.1 Å². The van der Waals surface area contributed by atoms with Crippen LogP contribution in [0, 0.1) is 5.92 Å². The van der Waals surface area contributed by atoms with E-state index in [2.05, 4.69) is 15.7 Å². The van der Waals surface area contributed by atoms with Crippen molar-refractivity contribution in [3.05, 3.63) is 74.9 Å². The quantitative estimate of drug-likeness (QED) is 0.425. The number of benzene rings is 2. The van der Waals surface area contributed by atoms with Gasteiger partial charge in [0, 0.05) is 23.8 Å². The number of aromatic nitrogens is 4. The fourth-order valence-electron chi connectivity index (χ4n) is 3.85. The van der Waals surface area contributed by atoms with Crippen molar-refractivity contribution in [2.75, 3.05) is 11.9 Å². The van der Waals surface area contributed by atoms with E-state index in [9.17, 15) is 19.2 Å². The Kier molecular flexibility index (Phi) is 6.54. The molecule has 0 aliphatic heterocycles. The fraction of sp³-hybridized carbons (Fsp3) is 0.320. The summed E-state index contributed by atoms with van der Waals surface area (Å²) in [6, 6.07) is 13.2. The third-order valence-electron chi connectivity index (χ3n) is 5.53. The van der Waals surface area contributed by atoms with Crippen LogP contribution >= 0.6 is 0 Å². The number of para-hydroxylation sites is 1. The molecule has 2 heterocycles. The summed E-state index contributed by atoms with van der Waals surface area (Å²) in [4.78, 5) is 51.9. The molecule has 0 aliphatic carbocycles. The smallest absolute Gasteiger partial charge is 0.352 e. The average molecular weight is 477 g/mol. The van der Waals surface area contributed by atoms with Gasteiger partial charge in [-0.05, 0) is 50.1 Å². The first-order chi connectivity index (χ1) is 16.7. The number of hydrogen-bond acceptors (Lipinski definition) is 5. The van der Waals surface area contributed by atoms with Crippen LogP contribution in [0.5, 0.6) is 0 Å². The molecule has 0 radical (unpaired) electrons. The molecule has 182 valence electrons. The summed E-state index contributed by atoms with van der Waals surface area (Å²) >= 11 is 0. The van der Waals surface area contributed by atoms with Crippen molar-refractivity contribution in [2.24, 2.45) is 5.92 Å². The lowest BCUT2D eigenvalue weighted by atomic mass is 10.1. The van der Waals surface area contributed by atoms with Gasteiger partial charge in [0.05, 0.1) is 10.9 Å². The van der Waals surface area contributed by atoms with Gasteiger partial charge >= 0.3 is 5.69 Å². The molecule has 0 saturated carbocycles. The molecule has 4 rings (SSSR count). The Labute approximate surface area is 201 Å². The molecule has 0 fully saturated rings. The van der Waals surface area contributed by atoms with E-state index in [1.807, 2.05) is 33.8 Å². The minimum Gasteiger partial charge on any atom is -0.352 e. The van der Waals surface area contributed by atoms with E-state index < -0.39 is 11.6 Å². The number of nitrogens with zero attached hydrogens (tertiary/aromatic N) is 4. The average Bonchev–Trinajstić information content (AvgIpc) is 3.12. The highest BCUT2D eigenvalue weighted by Crippen LogP contribution is 2.17. The van der Waals surface area contributed by atoms with Gasteiger partial charge in [0.1, 0.15) is 6.54 Å². The molecule has 2 amide bonds. The highest BCUT2D eigenvalue weighted by atomic mass is 16.2. The Morgan fingerprint density at radius 3 is 2.37 bits per heavy atom. The van der Waals surface area contributed by atoms with E-state index in [1.165, 1.54) is 15.0 Å². The van der Waals surface area contributed by atoms with Crippen molar-refractivity contribution in [3.63, 3.8) is 0 Å². The maximum Gasteiger partial charge on any atom is 0.352 e. The normalized spacial score (nSPS) is 11.5. The number of carbonyl (C=O) groups is 2. The lowest BCUT2D eigenvalue weighted by Gasteiger charge is -2.13. The third kappa shape index (κ3) is 4.72. The van der Waals surface area contributed by atoms with Crippen LogP contribution < -0.4 is 21.9 Å². The lowest BCUT2D eigenvalue weighted by molar-refractivity contribution is -0.117. The van der Waals surface area contributed by atoms with Crippen molar-refractivity contribution in [2.45, 2.75) is 40.3 Å². The van der Waals surface area contributed by atoms with Gasteiger partial charge in [0.15, 0.2) is 0 Å². The Morgan fingerprint density at radius 1 is 1.00 bits per heavy atom. The summed E-state index contributed by atoms with van der Waals surface area (Å²) in [5.74, 6) is -0.357. The summed E-state index contributed by atoms with van der Waals surface area (Å²) in [6.45, 7) is 7.76. The molecule has 35 heavy (non-hydrogen) atoms. The standard InChI is InChI=1S/C25H28N6O4/c1-15(2)13-26-22(33)17-10-11-19-20(12-17)31-24(30(16(3)4)23(19)34)28-29(25(31)35)14-21(32)27-18-8-6-5-7-9-18/h5-12,15-16H,13-14H2,1-4H3,(H,26,33)(H,27,32). The fourth-order valence-corrected chi connectivity index (χ4v) is 3.85. The summed E-state index contributed by atoms with van der Waals surface area (Å²) in [6.07, 6.45) is 0. The number of fused-ring (bicyclic) bond motifs is 3. The summed E-state index contributed by atoms with van der Waals surface area (Å²) in [5, 5.41) is 10.2. The Hall–Kier alpha value is -4.21. The van der Waals surface area contributed by atoms with E-state index in [0.29, 0.717) is 17.8 Å². The van der Waals surface area contributed by atoms with Gasteiger partial charge < -0.3 is 10.6 Å². The molecule has 0 spiro atoms. The second-order valence-corrected chi connectivity index (χ2v) is 9.09. The number of anilines is 1. The maximum atomic E-state index is 13.4. The number of nitrogens with one attached hydrogen (secondary N) is 2. The second kappa shape index (κ2) is 9.57. The Bertz CT molecular complexity index is 1530. The molecule has 10 heteroatoms. The Morgan fingerprint density at radius 2 is 1.71 bits per heavy atom. The first-order valence-electron chi connectivity index (χ1n) is 11.5. The maximum absolute atomic E-state index is 13.4. The lowest BCUT2D eigenvalue weighted by Crippen LogP contribution is -2.30. The van der Waals surface area contributed by atoms with E-state index >= 15 is 0 Å². The predicted molar refractivity (Wildman–Crippen MR) is 134 cm³/mol. The van der Waals surface area contributed by atoms with Crippen LogP contribution in [0.4, 0.5) is 5.69 Å². The predicted octanol–water partition coefficient (Wildman–Crippen LogP) is 2.42. The van der Waals surface area contributed by atoms with Crippen molar-refractivity contribution in [3.8, 4) is 0 Å². The van der Waals surface area contributed by atoms with Gasteiger partial charge in [0.2, 0.25) is 11.7 Å². The topological polar surface area (TPSA) is 120 Å². The molecule has 0 saturated heterocycles. The summed E-state index contributed by atoms with van der Waals surface area (Å²) in [5.41, 5.74) is 0.266. The van der Waals surface area contributed by atoms with Crippen LogP contribution in [0.25, 0.3) is 16.7 Å². The number of carbonyl (C=O) groups excluding carboxylic acids is 2. The van der Waals surface area contributed by atoms with Crippen LogP contribution in [0.1, 0.15) is 44.1 Å². The van der Waals surface area contributed by atoms with Gasteiger partial charge in [-0.15, -0.1) is 5.10 Å². The largest absolute Gasteiger partial charge is 0.352 e. The minimum atomic E-state index is -0.581. The summed E-state index contributed by atoms with van der Waals surface area (Å²) in [7, 11) is 0. The molecule has 0 aliphatic rings. The molecule has 2 aromatic carbocycles. The van der Waals surface area contributed by atoms with Crippen molar-refractivity contribution in [1.29, 1.82) is 0 Å². The number of hydrogen-bond donors (Lipinski definition) is 2. The van der Waals surface area contributed by atoms with Gasteiger partial charge in [-0.25, -0.2) is 13.9 Å². The molecule has 2 aromatic heterocycles. The first kappa shape index (κ1) is 23.9. The highest BCUT2D eigenvalue weighted by molar-refractivity contribution is 5.98. The van der Waals surface area contributed by atoms with E-state index in [4.69, 9.17) is 0 Å². The second-order valence-electron chi connectivity index (χ2n) is 9.09. The third-order valence-corrected chi connectivity index (χ3v) is 5.53. The van der Waals surface area contributed by atoms with Crippen LogP contribution in [-0.2, 0) is 11.3 Å². The molecule has 0 bridgehead atoms. The van der Waals surface area contributed by atoms with Gasteiger partial charge in [-0.1, -0.05) is 32.0 Å². The van der Waals surface area contributed by atoms with E-state index in [0.717, 1.165) is 4.68 Å². The van der Waals surface area contributed by atoms with E-state index in [1.54, 1.807) is 36.4 Å². The monoisotopic (exact) mass is 476 g/mol. The van der Waals surface area contributed by atoms with Crippen molar-refractivity contribution >= 4 is 34.2 Å². The number of rotatable bonds is 7. The Balaban J connectivity index is 1.84. The molecule has 10 nitrogen and oxygen atoms in total. The zero-order chi connectivity index (χ0) is 25.3. The van der Waals surface area contributed by atoms with Crippen molar-refractivity contribution in [1.82, 2.24) is 24.1 Å². The molecule has 0 unspecified atom stereocenters. The van der Waals surface area contributed by atoms with Gasteiger partial charge in [0.25, 0.3) is 11.5 Å². The molecular weight excluding hydrogens is 448 g/mol. The molecule has 2 N–H and O–H groups in total. The highest BCUT2D eigenvalue weighted by Gasteiger charge is 2.21. The van der Waals surface area contributed by atoms with Crippen LogP contribution in [0.3, 0.4) is 0 Å². The zero-order valence-electron chi connectivity index (χ0n) is 20.1. The SMILES string of the molecule is CC(C)CNC(=O)c1ccc2c(=O)n(C(C)C)c3nn(CC(=O)Nc4ccccc4)c(=O)n3c2c1. The first-order valence-corrected chi connectivity index (χ1v) is 11.5.